The van der Waals surface area contributed by atoms with Crippen molar-refractivity contribution in [2.45, 2.75) is 38.9 Å². The minimum absolute atomic E-state index is 0.774. The van der Waals surface area contributed by atoms with E-state index in [9.17, 15) is 10.2 Å². The quantitative estimate of drug-likeness (QED) is 0.309. The third-order valence-electron chi connectivity index (χ3n) is 6.28. The highest BCUT2D eigenvalue weighted by Crippen LogP contribution is 2.45. The monoisotopic (exact) mass is 436 g/mol. The van der Waals surface area contributed by atoms with Crippen LogP contribution in [0.15, 0.2) is 89.3 Å². The van der Waals surface area contributed by atoms with Crippen LogP contribution in [-0.2, 0) is 11.2 Å². The maximum atomic E-state index is 10.9. The van der Waals surface area contributed by atoms with Crippen LogP contribution in [0.5, 0.6) is 0 Å². The van der Waals surface area contributed by atoms with Crippen molar-refractivity contribution < 1.29 is 14.6 Å². The van der Waals surface area contributed by atoms with E-state index in [2.05, 4.69) is 18.2 Å². The first-order valence-corrected chi connectivity index (χ1v) is 11.2. The van der Waals surface area contributed by atoms with Gasteiger partial charge in [-0.25, -0.2) is 0 Å². The number of furan rings is 1. The number of rotatable bonds is 4. The molecule has 5 aromatic rings. The standard InChI is InChI=1S/C30H28O3/c1-29(2,31)24-14-8-5-11-19(24)21-17-18-22(20-12-6-9-15-25(20)30(3,4)32)28-27(21)23-13-7-10-16-26(23)33-28/h5-18,31-32H,1-4H3. The fraction of sp³-hybridized carbons (Fsp3) is 0.200. The molecule has 5 rings (SSSR count). The highest BCUT2D eigenvalue weighted by Gasteiger charge is 2.26. The van der Waals surface area contributed by atoms with Crippen LogP contribution in [0, 0.1) is 0 Å². The second-order valence-corrected chi connectivity index (χ2v) is 9.67. The summed E-state index contributed by atoms with van der Waals surface area (Å²) < 4.78 is 6.45. The Hall–Kier alpha value is -3.40. The van der Waals surface area contributed by atoms with Crippen molar-refractivity contribution in [1.82, 2.24) is 0 Å². The van der Waals surface area contributed by atoms with Crippen LogP contribution in [0.4, 0.5) is 0 Å². The summed E-state index contributed by atoms with van der Waals surface area (Å²) >= 11 is 0. The molecule has 1 aromatic heterocycles. The Morgan fingerprint density at radius 3 is 1.64 bits per heavy atom. The molecule has 0 saturated heterocycles. The molecule has 0 aliphatic heterocycles. The lowest BCUT2D eigenvalue weighted by Crippen LogP contribution is -2.17. The van der Waals surface area contributed by atoms with Gasteiger partial charge in [-0.1, -0.05) is 72.8 Å². The zero-order valence-electron chi connectivity index (χ0n) is 19.4. The number of para-hydroxylation sites is 1. The van der Waals surface area contributed by atoms with E-state index in [-0.39, 0.29) is 0 Å². The number of fused-ring (bicyclic) bond motifs is 3. The van der Waals surface area contributed by atoms with Crippen LogP contribution in [0.25, 0.3) is 44.2 Å². The van der Waals surface area contributed by atoms with Gasteiger partial charge in [0, 0.05) is 16.3 Å². The van der Waals surface area contributed by atoms with Gasteiger partial charge in [0.1, 0.15) is 11.2 Å². The van der Waals surface area contributed by atoms with E-state index in [1.54, 1.807) is 13.8 Å². The average Bonchev–Trinajstić information content (AvgIpc) is 3.17. The van der Waals surface area contributed by atoms with Crippen LogP contribution >= 0.6 is 0 Å². The Morgan fingerprint density at radius 2 is 1.03 bits per heavy atom. The van der Waals surface area contributed by atoms with Crippen molar-refractivity contribution >= 4 is 21.9 Å². The van der Waals surface area contributed by atoms with E-state index < -0.39 is 11.2 Å². The van der Waals surface area contributed by atoms with Crippen molar-refractivity contribution in [3.63, 3.8) is 0 Å². The van der Waals surface area contributed by atoms with Gasteiger partial charge in [-0.15, -0.1) is 0 Å². The highest BCUT2D eigenvalue weighted by molar-refractivity contribution is 6.16. The summed E-state index contributed by atoms with van der Waals surface area (Å²) in [4.78, 5) is 0. The van der Waals surface area contributed by atoms with Gasteiger partial charge < -0.3 is 14.6 Å². The summed E-state index contributed by atoms with van der Waals surface area (Å²) in [5, 5.41) is 23.7. The van der Waals surface area contributed by atoms with Gasteiger partial charge in [-0.3, -0.25) is 0 Å². The van der Waals surface area contributed by atoms with E-state index in [4.69, 9.17) is 4.42 Å². The van der Waals surface area contributed by atoms with Crippen molar-refractivity contribution in [3.8, 4) is 22.3 Å². The first kappa shape index (κ1) is 21.4. The molecule has 166 valence electrons. The summed E-state index contributed by atoms with van der Waals surface area (Å²) in [6.45, 7) is 7.22. The molecule has 0 spiro atoms. The molecule has 1 heterocycles. The Labute approximate surface area is 193 Å². The lowest BCUT2D eigenvalue weighted by atomic mass is 9.85. The highest BCUT2D eigenvalue weighted by atomic mass is 16.3. The Morgan fingerprint density at radius 1 is 0.545 bits per heavy atom. The number of hydrogen-bond donors (Lipinski definition) is 2. The van der Waals surface area contributed by atoms with Crippen LogP contribution in [0.2, 0.25) is 0 Å². The molecule has 0 amide bonds. The fourth-order valence-corrected chi connectivity index (χ4v) is 4.77. The van der Waals surface area contributed by atoms with Crippen molar-refractivity contribution in [3.05, 3.63) is 96.1 Å². The lowest BCUT2D eigenvalue weighted by Gasteiger charge is -2.23. The zero-order chi connectivity index (χ0) is 23.4. The van der Waals surface area contributed by atoms with Crippen molar-refractivity contribution in [2.75, 3.05) is 0 Å². The Balaban J connectivity index is 1.90. The smallest absolute Gasteiger partial charge is 0.143 e. The molecule has 0 atom stereocenters. The maximum Gasteiger partial charge on any atom is 0.143 e. The normalized spacial score (nSPS) is 12.5. The van der Waals surface area contributed by atoms with Gasteiger partial charge in [0.05, 0.1) is 11.2 Å². The Kier molecular flexibility index (Phi) is 4.93. The molecule has 0 aliphatic rings. The first-order valence-electron chi connectivity index (χ1n) is 11.2. The predicted octanol–water partition coefficient (Wildman–Crippen LogP) is 7.37. The average molecular weight is 437 g/mol. The fourth-order valence-electron chi connectivity index (χ4n) is 4.77. The molecule has 0 unspecified atom stereocenters. The topological polar surface area (TPSA) is 53.6 Å². The van der Waals surface area contributed by atoms with Gasteiger partial charge in [0.15, 0.2) is 0 Å². The van der Waals surface area contributed by atoms with E-state index in [1.165, 1.54) is 0 Å². The summed E-state index contributed by atoms with van der Waals surface area (Å²) in [6.07, 6.45) is 0. The second-order valence-electron chi connectivity index (χ2n) is 9.67. The van der Waals surface area contributed by atoms with Crippen LogP contribution in [0.3, 0.4) is 0 Å². The molecule has 0 radical (unpaired) electrons. The van der Waals surface area contributed by atoms with Crippen LogP contribution < -0.4 is 0 Å². The van der Waals surface area contributed by atoms with Crippen molar-refractivity contribution in [1.29, 1.82) is 0 Å². The van der Waals surface area contributed by atoms with E-state index in [1.807, 2.05) is 80.6 Å². The third kappa shape index (κ3) is 3.64. The minimum Gasteiger partial charge on any atom is -0.455 e. The molecule has 4 aromatic carbocycles. The van der Waals surface area contributed by atoms with Gasteiger partial charge in [-0.2, -0.15) is 0 Å². The number of benzene rings is 4. The molecule has 2 N–H and O–H groups in total. The predicted molar refractivity (Wildman–Crippen MR) is 135 cm³/mol. The third-order valence-corrected chi connectivity index (χ3v) is 6.28. The number of aliphatic hydroxyl groups is 2. The lowest BCUT2D eigenvalue weighted by molar-refractivity contribution is 0.0786. The van der Waals surface area contributed by atoms with Gasteiger partial charge in [0.25, 0.3) is 0 Å². The molecular formula is C30H28O3. The first-order chi connectivity index (χ1) is 15.7. The summed E-state index contributed by atoms with van der Waals surface area (Å²) in [6, 6.07) is 28.1. The molecule has 0 aliphatic carbocycles. The molecule has 0 bridgehead atoms. The molecule has 0 fully saturated rings. The van der Waals surface area contributed by atoms with Gasteiger partial charge in [-0.05, 0) is 67.6 Å². The zero-order valence-corrected chi connectivity index (χ0v) is 19.4. The molecule has 3 nitrogen and oxygen atoms in total. The Bertz CT molecular complexity index is 1480. The van der Waals surface area contributed by atoms with Crippen molar-refractivity contribution in [2.24, 2.45) is 0 Å². The summed E-state index contributed by atoms with van der Waals surface area (Å²) in [5.41, 5.74) is 5.16. The molecule has 33 heavy (non-hydrogen) atoms. The van der Waals surface area contributed by atoms with E-state index in [0.29, 0.717) is 0 Å². The second kappa shape index (κ2) is 7.58. The SMILES string of the molecule is CC(C)(O)c1ccccc1-c1ccc(-c2ccccc2C(C)(C)O)c2c1oc1ccccc12. The van der Waals surface area contributed by atoms with Crippen LogP contribution in [0.1, 0.15) is 38.8 Å². The van der Waals surface area contributed by atoms with E-state index in [0.717, 1.165) is 55.3 Å². The van der Waals surface area contributed by atoms with E-state index >= 15 is 0 Å². The van der Waals surface area contributed by atoms with Gasteiger partial charge in [0.2, 0.25) is 0 Å². The summed E-state index contributed by atoms with van der Waals surface area (Å²) in [7, 11) is 0. The minimum atomic E-state index is -0.999. The van der Waals surface area contributed by atoms with Gasteiger partial charge >= 0.3 is 0 Å². The maximum absolute atomic E-state index is 10.9. The summed E-state index contributed by atoms with van der Waals surface area (Å²) in [5.74, 6) is 0. The molecular weight excluding hydrogens is 408 g/mol. The largest absolute Gasteiger partial charge is 0.455 e. The molecule has 3 heteroatoms. The van der Waals surface area contributed by atoms with Crippen LogP contribution in [-0.4, -0.2) is 10.2 Å². The number of hydrogen-bond acceptors (Lipinski definition) is 3. The molecule has 0 saturated carbocycles.